The van der Waals surface area contributed by atoms with Crippen LogP contribution in [0.15, 0.2) is 6.07 Å². The topological polar surface area (TPSA) is 47.0 Å². The molecule has 0 aromatic carbocycles. The molecule has 2 rings (SSSR count). The van der Waals surface area contributed by atoms with E-state index >= 15 is 0 Å². The van der Waals surface area contributed by atoms with Crippen LogP contribution in [0.1, 0.15) is 76.7 Å². The van der Waals surface area contributed by atoms with Crippen molar-refractivity contribution in [3.63, 3.8) is 0 Å². The van der Waals surface area contributed by atoms with Crippen LogP contribution in [0.4, 0.5) is 5.82 Å². The summed E-state index contributed by atoms with van der Waals surface area (Å²) in [4.78, 5) is 9.61. The number of aromatic nitrogens is 2. The van der Waals surface area contributed by atoms with Gasteiger partial charge in [-0.05, 0) is 25.7 Å². The number of nitrogens with zero attached hydrogens (tertiary/aromatic N) is 2. The number of ether oxygens (including phenoxy) is 1. The molecule has 0 atom stereocenters. The Bertz CT molecular complexity index is 451. The summed E-state index contributed by atoms with van der Waals surface area (Å²) in [7, 11) is 1.81. The predicted molar refractivity (Wildman–Crippen MR) is 86.7 cm³/mol. The molecule has 1 fully saturated rings. The van der Waals surface area contributed by atoms with Crippen molar-refractivity contribution in [1.29, 1.82) is 0 Å². The SMILES string of the molecule is CCNc1cc(C(C)C)nc(C2(OC)CCCCCC2)n1. The number of rotatable bonds is 5. The van der Waals surface area contributed by atoms with E-state index in [9.17, 15) is 0 Å². The second kappa shape index (κ2) is 7.21. The van der Waals surface area contributed by atoms with Crippen molar-refractivity contribution in [2.75, 3.05) is 19.0 Å². The van der Waals surface area contributed by atoms with Crippen LogP contribution in [0.2, 0.25) is 0 Å². The molecule has 4 nitrogen and oxygen atoms in total. The van der Waals surface area contributed by atoms with Crippen LogP contribution >= 0.6 is 0 Å². The van der Waals surface area contributed by atoms with Crippen molar-refractivity contribution < 1.29 is 4.74 Å². The Morgan fingerprint density at radius 2 is 1.86 bits per heavy atom. The Labute approximate surface area is 128 Å². The molecule has 1 aliphatic carbocycles. The summed E-state index contributed by atoms with van der Waals surface area (Å²) >= 11 is 0. The monoisotopic (exact) mass is 291 g/mol. The lowest BCUT2D eigenvalue weighted by Crippen LogP contribution is -2.31. The van der Waals surface area contributed by atoms with E-state index in [4.69, 9.17) is 14.7 Å². The van der Waals surface area contributed by atoms with Gasteiger partial charge in [0.05, 0.1) is 0 Å². The Kier molecular flexibility index (Phi) is 5.57. The Balaban J connectivity index is 2.43. The standard InChI is InChI=1S/C17H29N3O/c1-5-18-15-12-14(13(2)3)19-16(20-15)17(21-4)10-8-6-7-9-11-17/h12-13H,5-11H2,1-4H3,(H,18,19,20). The fourth-order valence-electron chi connectivity index (χ4n) is 3.06. The van der Waals surface area contributed by atoms with Crippen LogP contribution in [0.3, 0.4) is 0 Å². The zero-order valence-electron chi connectivity index (χ0n) is 13.9. The first-order valence-corrected chi connectivity index (χ1v) is 8.30. The van der Waals surface area contributed by atoms with Gasteiger partial charge in [-0.2, -0.15) is 0 Å². The van der Waals surface area contributed by atoms with Crippen LogP contribution in [0.25, 0.3) is 0 Å². The third-order valence-corrected chi connectivity index (χ3v) is 4.40. The van der Waals surface area contributed by atoms with E-state index in [0.29, 0.717) is 5.92 Å². The summed E-state index contributed by atoms with van der Waals surface area (Å²) in [5.74, 6) is 2.18. The fourth-order valence-corrected chi connectivity index (χ4v) is 3.06. The van der Waals surface area contributed by atoms with Gasteiger partial charge in [-0.1, -0.05) is 39.5 Å². The van der Waals surface area contributed by atoms with Crippen molar-refractivity contribution in [3.05, 3.63) is 17.6 Å². The van der Waals surface area contributed by atoms with Crippen LogP contribution in [0.5, 0.6) is 0 Å². The van der Waals surface area contributed by atoms with Gasteiger partial charge < -0.3 is 10.1 Å². The predicted octanol–water partition coefficient (Wildman–Crippen LogP) is 4.23. The molecule has 0 spiro atoms. The van der Waals surface area contributed by atoms with E-state index in [1.54, 1.807) is 0 Å². The van der Waals surface area contributed by atoms with Gasteiger partial charge in [0.1, 0.15) is 11.4 Å². The lowest BCUT2D eigenvalue weighted by molar-refractivity contribution is -0.0352. The van der Waals surface area contributed by atoms with Gasteiger partial charge in [0, 0.05) is 25.4 Å². The van der Waals surface area contributed by atoms with E-state index in [1.165, 1.54) is 25.7 Å². The maximum absolute atomic E-state index is 5.96. The number of anilines is 1. The molecule has 0 unspecified atom stereocenters. The summed E-state index contributed by atoms with van der Waals surface area (Å²) in [5, 5.41) is 3.33. The lowest BCUT2D eigenvalue weighted by atomic mass is 9.92. The molecule has 1 heterocycles. The molecule has 1 saturated carbocycles. The van der Waals surface area contributed by atoms with Gasteiger partial charge in [0.2, 0.25) is 0 Å². The molecule has 1 N–H and O–H groups in total. The van der Waals surface area contributed by atoms with E-state index in [-0.39, 0.29) is 5.60 Å². The summed E-state index contributed by atoms with van der Waals surface area (Å²) in [6.45, 7) is 7.31. The number of nitrogens with one attached hydrogen (secondary N) is 1. The molecule has 0 amide bonds. The van der Waals surface area contributed by atoms with Crippen molar-refractivity contribution in [1.82, 2.24) is 9.97 Å². The van der Waals surface area contributed by atoms with E-state index in [2.05, 4.69) is 32.2 Å². The van der Waals surface area contributed by atoms with Crippen LogP contribution in [-0.2, 0) is 10.3 Å². The summed E-state index contributed by atoms with van der Waals surface area (Å²) in [6, 6.07) is 2.07. The number of methoxy groups -OCH3 is 1. The highest BCUT2D eigenvalue weighted by Crippen LogP contribution is 2.38. The first-order chi connectivity index (χ1) is 10.1. The van der Waals surface area contributed by atoms with Gasteiger partial charge in [-0.15, -0.1) is 0 Å². The maximum atomic E-state index is 5.96. The summed E-state index contributed by atoms with van der Waals surface area (Å²) in [6.07, 6.45) is 7.01. The molecule has 1 aliphatic rings. The normalized spacial score (nSPS) is 18.5. The zero-order valence-corrected chi connectivity index (χ0v) is 13.9. The summed E-state index contributed by atoms with van der Waals surface area (Å²) in [5.41, 5.74) is 0.794. The average Bonchev–Trinajstić information content (AvgIpc) is 2.73. The van der Waals surface area contributed by atoms with Gasteiger partial charge in [-0.25, -0.2) is 9.97 Å². The van der Waals surface area contributed by atoms with Crippen molar-refractivity contribution in [2.45, 2.75) is 70.8 Å². The summed E-state index contributed by atoms with van der Waals surface area (Å²) < 4.78 is 5.96. The third kappa shape index (κ3) is 3.73. The molecule has 0 saturated heterocycles. The van der Waals surface area contributed by atoms with Crippen molar-refractivity contribution >= 4 is 5.82 Å². The maximum Gasteiger partial charge on any atom is 0.162 e. The Morgan fingerprint density at radius 3 is 2.38 bits per heavy atom. The highest BCUT2D eigenvalue weighted by atomic mass is 16.5. The Morgan fingerprint density at radius 1 is 1.19 bits per heavy atom. The lowest BCUT2D eigenvalue weighted by Gasteiger charge is -2.30. The molecule has 21 heavy (non-hydrogen) atoms. The molecule has 1 aromatic heterocycles. The zero-order chi connectivity index (χ0) is 15.3. The largest absolute Gasteiger partial charge is 0.370 e. The molecule has 0 radical (unpaired) electrons. The van der Waals surface area contributed by atoms with Crippen molar-refractivity contribution in [2.24, 2.45) is 0 Å². The second-order valence-electron chi connectivity index (χ2n) is 6.30. The highest BCUT2D eigenvalue weighted by Gasteiger charge is 2.36. The van der Waals surface area contributed by atoms with Crippen molar-refractivity contribution in [3.8, 4) is 0 Å². The third-order valence-electron chi connectivity index (χ3n) is 4.40. The molecular formula is C17H29N3O. The minimum atomic E-state index is -0.300. The number of hydrogen-bond acceptors (Lipinski definition) is 4. The Hall–Kier alpha value is -1.16. The molecule has 0 bridgehead atoms. The van der Waals surface area contributed by atoms with E-state index in [1.807, 2.05) is 7.11 Å². The first-order valence-electron chi connectivity index (χ1n) is 8.30. The molecule has 118 valence electrons. The fraction of sp³-hybridized carbons (Fsp3) is 0.765. The second-order valence-corrected chi connectivity index (χ2v) is 6.30. The van der Waals surface area contributed by atoms with Gasteiger partial charge in [-0.3, -0.25) is 0 Å². The minimum Gasteiger partial charge on any atom is -0.370 e. The van der Waals surface area contributed by atoms with E-state index < -0.39 is 0 Å². The molecular weight excluding hydrogens is 262 g/mol. The van der Waals surface area contributed by atoms with Crippen LogP contribution < -0.4 is 5.32 Å². The average molecular weight is 291 g/mol. The first kappa shape index (κ1) is 16.2. The van der Waals surface area contributed by atoms with Crippen LogP contribution in [0, 0.1) is 0 Å². The minimum absolute atomic E-state index is 0.300. The molecule has 4 heteroatoms. The highest BCUT2D eigenvalue weighted by molar-refractivity contribution is 5.37. The quantitative estimate of drug-likeness (QED) is 0.825. The van der Waals surface area contributed by atoms with E-state index in [0.717, 1.165) is 36.7 Å². The number of hydrogen-bond donors (Lipinski definition) is 1. The molecule has 1 aromatic rings. The van der Waals surface area contributed by atoms with Gasteiger partial charge in [0.25, 0.3) is 0 Å². The molecule has 0 aliphatic heterocycles. The smallest absolute Gasteiger partial charge is 0.162 e. The van der Waals surface area contributed by atoms with Gasteiger partial charge >= 0.3 is 0 Å². The van der Waals surface area contributed by atoms with Crippen LogP contribution in [-0.4, -0.2) is 23.6 Å². The van der Waals surface area contributed by atoms with Gasteiger partial charge in [0.15, 0.2) is 5.82 Å².